The molecule has 0 saturated heterocycles. The van der Waals surface area contributed by atoms with Crippen LogP contribution in [0.4, 0.5) is 14.9 Å². The van der Waals surface area contributed by atoms with Crippen LogP contribution in [-0.2, 0) is 16.0 Å². The van der Waals surface area contributed by atoms with Crippen molar-refractivity contribution < 1.29 is 18.7 Å². The summed E-state index contributed by atoms with van der Waals surface area (Å²) in [5.74, 6) is -1.30. The van der Waals surface area contributed by atoms with Crippen molar-refractivity contribution in [1.29, 1.82) is 0 Å². The van der Waals surface area contributed by atoms with Gasteiger partial charge in [-0.2, -0.15) is 0 Å². The Hall–Kier alpha value is -2.89. The monoisotopic (exact) mass is 344 g/mol. The van der Waals surface area contributed by atoms with Gasteiger partial charge < -0.3 is 15.4 Å². The van der Waals surface area contributed by atoms with Crippen molar-refractivity contribution in [3.05, 3.63) is 66.0 Å². The average molecular weight is 344 g/mol. The molecule has 0 fully saturated rings. The van der Waals surface area contributed by atoms with E-state index in [2.05, 4.69) is 10.6 Å². The number of benzene rings is 2. The summed E-state index contributed by atoms with van der Waals surface area (Å²) < 4.78 is 18.2. The number of carbonyl (C=O) groups excluding carboxylic acids is 2. The Bertz CT molecular complexity index is 707. The molecule has 25 heavy (non-hydrogen) atoms. The van der Waals surface area contributed by atoms with E-state index in [9.17, 15) is 14.0 Å². The van der Waals surface area contributed by atoms with E-state index in [0.29, 0.717) is 12.1 Å². The molecule has 2 amide bonds. The summed E-state index contributed by atoms with van der Waals surface area (Å²) in [5.41, 5.74) is 1.32. The Morgan fingerprint density at radius 2 is 1.88 bits per heavy atom. The number of halogens is 1. The minimum atomic E-state index is -0.507. The number of rotatable bonds is 7. The zero-order valence-corrected chi connectivity index (χ0v) is 14.0. The van der Waals surface area contributed by atoms with Crippen LogP contribution in [-0.4, -0.2) is 25.2 Å². The SMILES string of the molecule is CCOC(=O)C(CNC(=O)Nc1cccc(F)c1)Cc1ccccc1. The van der Waals surface area contributed by atoms with Crippen LogP contribution in [0.5, 0.6) is 0 Å². The van der Waals surface area contributed by atoms with E-state index in [0.717, 1.165) is 5.56 Å². The Morgan fingerprint density at radius 3 is 2.56 bits per heavy atom. The molecule has 0 radical (unpaired) electrons. The molecule has 0 saturated carbocycles. The first kappa shape index (κ1) is 18.4. The largest absolute Gasteiger partial charge is 0.466 e. The van der Waals surface area contributed by atoms with Crippen molar-refractivity contribution in [2.75, 3.05) is 18.5 Å². The zero-order chi connectivity index (χ0) is 18.1. The Labute approximate surface area is 146 Å². The standard InChI is InChI=1S/C19H21FN2O3/c1-2-25-18(23)15(11-14-7-4-3-5-8-14)13-21-19(24)22-17-10-6-9-16(20)12-17/h3-10,12,15H,2,11,13H2,1H3,(H2,21,22,24). The van der Waals surface area contributed by atoms with Crippen LogP contribution in [0, 0.1) is 11.7 Å². The molecule has 0 aliphatic heterocycles. The fourth-order valence-electron chi connectivity index (χ4n) is 2.35. The highest BCUT2D eigenvalue weighted by molar-refractivity contribution is 5.89. The molecule has 132 valence electrons. The molecule has 0 spiro atoms. The summed E-state index contributed by atoms with van der Waals surface area (Å²) in [4.78, 5) is 24.1. The van der Waals surface area contributed by atoms with Gasteiger partial charge in [-0.25, -0.2) is 9.18 Å². The lowest BCUT2D eigenvalue weighted by molar-refractivity contribution is -0.147. The summed E-state index contributed by atoms with van der Waals surface area (Å²) in [6, 6.07) is 14.6. The summed E-state index contributed by atoms with van der Waals surface area (Å²) in [6.45, 7) is 2.13. The molecule has 2 N–H and O–H groups in total. The van der Waals surface area contributed by atoms with Crippen molar-refractivity contribution in [2.45, 2.75) is 13.3 Å². The molecular formula is C19H21FN2O3. The molecule has 5 nitrogen and oxygen atoms in total. The number of ether oxygens (including phenoxy) is 1. The van der Waals surface area contributed by atoms with E-state index >= 15 is 0 Å². The van der Waals surface area contributed by atoms with Crippen LogP contribution in [0.15, 0.2) is 54.6 Å². The van der Waals surface area contributed by atoms with Crippen molar-refractivity contribution in [3.63, 3.8) is 0 Å². The Balaban J connectivity index is 1.94. The molecule has 2 aromatic rings. The number of anilines is 1. The molecule has 0 bridgehead atoms. The molecule has 0 aliphatic rings. The van der Waals surface area contributed by atoms with E-state index in [1.807, 2.05) is 30.3 Å². The van der Waals surface area contributed by atoms with Gasteiger partial charge in [0.05, 0.1) is 12.5 Å². The summed E-state index contributed by atoms with van der Waals surface area (Å²) in [5, 5.41) is 5.17. The zero-order valence-electron chi connectivity index (χ0n) is 14.0. The topological polar surface area (TPSA) is 67.4 Å². The minimum Gasteiger partial charge on any atom is -0.466 e. The van der Waals surface area contributed by atoms with Crippen molar-refractivity contribution in [1.82, 2.24) is 5.32 Å². The molecule has 6 heteroatoms. The molecule has 1 unspecified atom stereocenters. The summed E-state index contributed by atoms with van der Waals surface area (Å²) >= 11 is 0. The first-order chi connectivity index (χ1) is 12.1. The number of hydrogen-bond acceptors (Lipinski definition) is 3. The molecule has 2 aromatic carbocycles. The molecule has 0 aromatic heterocycles. The first-order valence-electron chi connectivity index (χ1n) is 8.09. The van der Waals surface area contributed by atoms with E-state index in [1.165, 1.54) is 18.2 Å². The maximum atomic E-state index is 13.1. The third kappa shape index (κ3) is 6.25. The third-order valence-electron chi connectivity index (χ3n) is 3.54. The van der Waals surface area contributed by atoms with Crippen LogP contribution < -0.4 is 10.6 Å². The van der Waals surface area contributed by atoms with Gasteiger partial charge in [0.15, 0.2) is 0 Å². The number of nitrogens with one attached hydrogen (secondary N) is 2. The normalized spacial score (nSPS) is 11.4. The van der Waals surface area contributed by atoms with Gasteiger partial charge in [-0.1, -0.05) is 36.4 Å². The fourth-order valence-corrected chi connectivity index (χ4v) is 2.35. The smallest absolute Gasteiger partial charge is 0.319 e. The average Bonchev–Trinajstić information content (AvgIpc) is 2.59. The lowest BCUT2D eigenvalue weighted by atomic mass is 9.99. The van der Waals surface area contributed by atoms with Crippen LogP contribution in [0.3, 0.4) is 0 Å². The van der Waals surface area contributed by atoms with Crippen molar-refractivity contribution >= 4 is 17.7 Å². The van der Waals surface area contributed by atoms with Crippen molar-refractivity contribution in [3.8, 4) is 0 Å². The van der Waals surface area contributed by atoms with Crippen molar-refractivity contribution in [2.24, 2.45) is 5.92 Å². The van der Waals surface area contributed by atoms with E-state index in [1.54, 1.807) is 13.0 Å². The van der Waals surface area contributed by atoms with Gasteiger partial charge in [-0.3, -0.25) is 4.79 Å². The highest BCUT2D eigenvalue weighted by Gasteiger charge is 2.21. The minimum absolute atomic E-state index is 0.120. The molecular weight excluding hydrogens is 323 g/mol. The third-order valence-corrected chi connectivity index (χ3v) is 3.54. The lowest BCUT2D eigenvalue weighted by Crippen LogP contribution is -2.37. The molecule has 0 aliphatic carbocycles. The maximum absolute atomic E-state index is 13.1. The number of carbonyl (C=O) groups is 2. The quantitative estimate of drug-likeness (QED) is 0.757. The molecule has 1 atom stereocenters. The predicted octanol–water partition coefficient (Wildman–Crippen LogP) is 3.37. The Morgan fingerprint density at radius 1 is 1.12 bits per heavy atom. The van der Waals surface area contributed by atoms with Gasteiger partial charge in [-0.05, 0) is 37.1 Å². The second-order valence-electron chi connectivity index (χ2n) is 5.48. The van der Waals surface area contributed by atoms with E-state index in [-0.39, 0.29) is 19.1 Å². The van der Waals surface area contributed by atoms with Gasteiger partial charge in [0, 0.05) is 12.2 Å². The van der Waals surface area contributed by atoms with E-state index < -0.39 is 17.8 Å². The first-order valence-corrected chi connectivity index (χ1v) is 8.09. The Kier molecular flexibility index (Phi) is 6.95. The second-order valence-corrected chi connectivity index (χ2v) is 5.48. The highest BCUT2D eigenvalue weighted by Crippen LogP contribution is 2.11. The second kappa shape index (κ2) is 9.42. The number of amides is 2. The fraction of sp³-hybridized carbons (Fsp3) is 0.263. The number of hydrogen-bond donors (Lipinski definition) is 2. The molecule has 0 heterocycles. The highest BCUT2D eigenvalue weighted by atomic mass is 19.1. The number of urea groups is 1. The summed E-state index contributed by atoms with van der Waals surface area (Å²) in [7, 11) is 0. The van der Waals surface area contributed by atoms with Crippen LogP contribution >= 0.6 is 0 Å². The van der Waals surface area contributed by atoms with Gasteiger partial charge in [-0.15, -0.1) is 0 Å². The van der Waals surface area contributed by atoms with Gasteiger partial charge in [0.25, 0.3) is 0 Å². The van der Waals surface area contributed by atoms with E-state index in [4.69, 9.17) is 4.74 Å². The predicted molar refractivity (Wildman–Crippen MR) is 93.7 cm³/mol. The van der Waals surface area contributed by atoms with Crippen LogP contribution in [0.2, 0.25) is 0 Å². The van der Waals surface area contributed by atoms with Gasteiger partial charge in [0.2, 0.25) is 0 Å². The number of esters is 1. The van der Waals surface area contributed by atoms with Crippen LogP contribution in [0.1, 0.15) is 12.5 Å². The maximum Gasteiger partial charge on any atom is 0.319 e. The van der Waals surface area contributed by atoms with Crippen LogP contribution in [0.25, 0.3) is 0 Å². The molecule has 2 rings (SSSR count). The lowest BCUT2D eigenvalue weighted by Gasteiger charge is -2.17. The summed E-state index contributed by atoms with van der Waals surface area (Å²) in [6.07, 6.45) is 0.458. The van der Waals surface area contributed by atoms with Gasteiger partial charge >= 0.3 is 12.0 Å². The van der Waals surface area contributed by atoms with Gasteiger partial charge in [0.1, 0.15) is 5.82 Å².